The summed E-state index contributed by atoms with van der Waals surface area (Å²) in [6.07, 6.45) is 0.201. The van der Waals surface area contributed by atoms with Gasteiger partial charge in [0.05, 0.1) is 12.2 Å². The van der Waals surface area contributed by atoms with Crippen molar-refractivity contribution >= 4 is 23.4 Å². The molecule has 0 aromatic heterocycles. The van der Waals surface area contributed by atoms with Gasteiger partial charge in [-0.3, -0.25) is 19.3 Å². The van der Waals surface area contributed by atoms with Crippen molar-refractivity contribution in [3.05, 3.63) is 54.1 Å². The quantitative estimate of drug-likeness (QED) is 0.761. The third-order valence-corrected chi connectivity index (χ3v) is 4.82. The Morgan fingerprint density at radius 2 is 1.68 bits per heavy atom. The van der Waals surface area contributed by atoms with Gasteiger partial charge in [-0.1, -0.05) is 12.1 Å². The summed E-state index contributed by atoms with van der Waals surface area (Å²) in [5.74, 6) is 0.776. The second-order valence-electron chi connectivity index (χ2n) is 6.85. The molecule has 2 aliphatic heterocycles. The Morgan fingerprint density at radius 3 is 2.36 bits per heavy atom. The van der Waals surface area contributed by atoms with Crippen molar-refractivity contribution in [3.63, 3.8) is 0 Å². The molecule has 2 heterocycles. The number of carbonyl (C=O) groups is 3. The summed E-state index contributed by atoms with van der Waals surface area (Å²) in [5, 5.41) is 0. The number of carbonyl (C=O) groups excluding carboxylic acids is 3. The maximum atomic E-state index is 12.7. The normalized spacial score (nSPS) is 18.3. The van der Waals surface area contributed by atoms with Crippen LogP contribution in [0.25, 0.3) is 0 Å². The second kappa shape index (κ2) is 7.34. The van der Waals surface area contributed by atoms with Crippen LogP contribution < -0.4 is 14.4 Å². The van der Waals surface area contributed by atoms with Gasteiger partial charge in [-0.25, -0.2) is 0 Å². The van der Waals surface area contributed by atoms with Crippen LogP contribution in [0.3, 0.4) is 0 Å². The fraction of sp³-hybridized carbons (Fsp3) is 0.286. The molecule has 7 heteroatoms. The van der Waals surface area contributed by atoms with Crippen molar-refractivity contribution in [1.82, 2.24) is 4.90 Å². The van der Waals surface area contributed by atoms with E-state index in [1.165, 1.54) is 4.90 Å². The number of anilines is 1. The molecule has 1 saturated heterocycles. The summed E-state index contributed by atoms with van der Waals surface area (Å²) in [6, 6.07) is 13.9. The van der Waals surface area contributed by atoms with Gasteiger partial charge in [0.15, 0.2) is 17.6 Å². The Hall–Kier alpha value is -3.35. The van der Waals surface area contributed by atoms with Crippen molar-refractivity contribution in [2.24, 2.45) is 0 Å². The van der Waals surface area contributed by atoms with Gasteiger partial charge in [0.1, 0.15) is 6.61 Å². The minimum absolute atomic E-state index is 0.173. The molecule has 3 amide bonds. The van der Waals surface area contributed by atoms with E-state index >= 15 is 0 Å². The molecule has 28 heavy (non-hydrogen) atoms. The van der Waals surface area contributed by atoms with Crippen molar-refractivity contribution in [2.45, 2.75) is 18.9 Å². The van der Waals surface area contributed by atoms with Gasteiger partial charge in [0.25, 0.3) is 5.91 Å². The van der Waals surface area contributed by atoms with Crippen molar-refractivity contribution < 1.29 is 23.9 Å². The number of para-hydroxylation sites is 2. The Kier molecular flexibility index (Phi) is 4.73. The Bertz CT molecular complexity index is 909. The highest BCUT2D eigenvalue weighted by Gasteiger charge is 2.30. The third kappa shape index (κ3) is 3.43. The topological polar surface area (TPSA) is 76.2 Å². The van der Waals surface area contributed by atoms with Crippen LogP contribution in [0, 0.1) is 0 Å². The van der Waals surface area contributed by atoms with Gasteiger partial charge in [0, 0.05) is 25.5 Å². The average Bonchev–Trinajstić information content (AvgIpc) is 3.05. The summed E-state index contributed by atoms with van der Waals surface area (Å²) in [7, 11) is 1.70. The number of nitrogens with zero attached hydrogens (tertiary/aromatic N) is 2. The van der Waals surface area contributed by atoms with Crippen molar-refractivity contribution in [3.8, 4) is 11.5 Å². The second-order valence-corrected chi connectivity index (χ2v) is 6.85. The Balaban J connectivity index is 1.40. The number of hydrogen-bond donors (Lipinski definition) is 0. The maximum Gasteiger partial charge on any atom is 0.253 e. The molecule has 0 saturated carbocycles. The number of rotatable bonds is 4. The zero-order chi connectivity index (χ0) is 19.7. The highest BCUT2D eigenvalue weighted by molar-refractivity contribution is 6.19. The van der Waals surface area contributed by atoms with Gasteiger partial charge in [-0.2, -0.15) is 0 Å². The van der Waals surface area contributed by atoms with Gasteiger partial charge < -0.3 is 14.4 Å². The van der Waals surface area contributed by atoms with Crippen LogP contribution in [-0.4, -0.2) is 48.9 Å². The zero-order valence-electron chi connectivity index (χ0n) is 15.5. The number of hydrogen-bond acceptors (Lipinski definition) is 5. The maximum absolute atomic E-state index is 12.7. The van der Waals surface area contributed by atoms with Gasteiger partial charge in [0.2, 0.25) is 11.8 Å². The van der Waals surface area contributed by atoms with Crippen LogP contribution in [0.2, 0.25) is 0 Å². The van der Waals surface area contributed by atoms with Crippen molar-refractivity contribution in [2.75, 3.05) is 25.1 Å². The predicted molar refractivity (Wildman–Crippen MR) is 101 cm³/mol. The van der Waals surface area contributed by atoms with Crippen LogP contribution in [0.4, 0.5) is 5.69 Å². The molecule has 2 aliphatic rings. The molecule has 0 N–H and O–H groups in total. The SMILES string of the molecule is CN(CC1COc2ccccc2O1)C(=O)c1ccc(N2C(=O)CCC2=O)cc1. The first kappa shape index (κ1) is 18.0. The van der Waals surface area contributed by atoms with E-state index in [0.29, 0.717) is 35.9 Å². The molecule has 0 radical (unpaired) electrons. The number of likely N-dealkylation sites (N-methyl/N-ethyl adjacent to an activating group) is 1. The van der Waals surface area contributed by atoms with E-state index in [2.05, 4.69) is 0 Å². The van der Waals surface area contributed by atoms with Crippen LogP contribution in [0.5, 0.6) is 11.5 Å². The van der Waals surface area contributed by atoms with E-state index in [4.69, 9.17) is 9.47 Å². The van der Waals surface area contributed by atoms with Crippen LogP contribution in [-0.2, 0) is 9.59 Å². The molecule has 1 unspecified atom stereocenters. The highest BCUT2D eigenvalue weighted by atomic mass is 16.6. The lowest BCUT2D eigenvalue weighted by atomic mass is 10.1. The van der Waals surface area contributed by atoms with E-state index in [0.717, 1.165) is 0 Å². The molecular weight excluding hydrogens is 360 g/mol. The number of imide groups is 1. The molecule has 0 aliphatic carbocycles. The first-order valence-corrected chi connectivity index (χ1v) is 9.13. The fourth-order valence-corrected chi connectivity index (χ4v) is 3.38. The third-order valence-electron chi connectivity index (χ3n) is 4.82. The number of fused-ring (bicyclic) bond motifs is 1. The first-order valence-electron chi connectivity index (χ1n) is 9.13. The van der Waals surface area contributed by atoms with Crippen LogP contribution in [0.1, 0.15) is 23.2 Å². The zero-order valence-corrected chi connectivity index (χ0v) is 15.5. The Labute approximate surface area is 162 Å². The molecule has 1 fully saturated rings. The molecule has 1 atom stereocenters. The smallest absolute Gasteiger partial charge is 0.253 e. The lowest BCUT2D eigenvalue weighted by molar-refractivity contribution is -0.121. The molecule has 0 bridgehead atoms. The monoisotopic (exact) mass is 380 g/mol. The van der Waals surface area contributed by atoms with Crippen LogP contribution >= 0.6 is 0 Å². The summed E-state index contributed by atoms with van der Waals surface area (Å²) < 4.78 is 11.6. The van der Waals surface area contributed by atoms with E-state index in [9.17, 15) is 14.4 Å². The number of benzene rings is 2. The summed E-state index contributed by atoms with van der Waals surface area (Å²) >= 11 is 0. The van der Waals surface area contributed by atoms with Gasteiger partial charge >= 0.3 is 0 Å². The molecule has 0 spiro atoms. The molecule has 4 rings (SSSR count). The minimum atomic E-state index is -0.261. The van der Waals surface area contributed by atoms with Gasteiger partial charge in [-0.15, -0.1) is 0 Å². The standard InChI is InChI=1S/C21H20N2O5/c1-22(12-16-13-27-17-4-2-3-5-18(17)28-16)21(26)14-6-8-15(9-7-14)23-19(24)10-11-20(23)25/h2-9,16H,10-13H2,1H3. The van der Waals surface area contributed by atoms with Crippen LogP contribution in [0.15, 0.2) is 48.5 Å². The molecule has 7 nitrogen and oxygen atoms in total. The number of amides is 3. The van der Waals surface area contributed by atoms with Gasteiger partial charge in [-0.05, 0) is 36.4 Å². The molecule has 2 aromatic carbocycles. The minimum Gasteiger partial charge on any atom is -0.486 e. The fourth-order valence-electron chi connectivity index (χ4n) is 3.38. The van der Waals surface area contributed by atoms with E-state index in [1.54, 1.807) is 36.2 Å². The molecule has 2 aromatic rings. The average molecular weight is 380 g/mol. The predicted octanol–water partition coefficient (Wildman–Crippen LogP) is 2.25. The lowest BCUT2D eigenvalue weighted by Gasteiger charge is -2.29. The van der Waals surface area contributed by atoms with E-state index in [1.807, 2.05) is 24.3 Å². The van der Waals surface area contributed by atoms with Crippen molar-refractivity contribution in [1.29, 1.82) is 0 Å². The largest absolute Gasteiger partial charge is 0.486 e. The van der Waals surface area contributed by atoms with E-state index in [-0.39, 0.29) is 36.7 Å². The highest BCUT2D eigenvalue weighted by Crippen LogP contribution is 2.31. The summed E-state index contributed by atoms with van der Waals surface area (Å²) in [5.41, 5.74) is 0.967. The molecule has 144 valence electrons. The molecular formula is C21H20N2O5. The Morgan fingerprint density at radius 1 is 1.04 bits per heavy atom. The van der Waals surface area contributed by atoms with E-state index < -0.39 is 0 Å². The summed E-state index contributed by atoms with van der Waals surface area (Å²) in [6.45, 7) is 0.741. The number of ether oxygens (including phenoxy) is 2. The lowest BCUT2D eigenvalue weighted by Crippen LogP contribution is -2.41. The summed E-state index contributed by atoms with van der Waals surface area (Å²) in [4.78, 5) is 39.1. The first-order chi connectivity index (χ1) is 13.5.